The van der Waals surface area contributed by atoms with Gasteiger partial charge in [-0.05, 0) is 55.9 Å². The van der Waals surface area contributed by atoms with E-state index in [4.69, 9.17) is 4.74 Å². The maximum Gasteiger partial charge on any atom is 0.260 e. The Morgan fingerprint density at radius 2 is 1.71 bits per heavy atom. The Bertz CT molecular complexity index is 1110. The molecular weight excluding hydrogens is 488 g/mol. The molecule has 10 heteroatoms. The van der Waals surface area contributed by atoms with E-state index in [0.717, 1.165) is 18.8 Å². The summed E-state index contributed by atoms with van der Waals surface area (Å²) in [5, 5.41) is 2.91. The number of nitrogens with one attached hydrogen (secondary N) is 1. The molecule has 1 aromatic rings. The SMILES string of the molecule is CC(C)CC(NC(=O)c1ccc(N2CCCC2)cc1)C(=O)N1CCC2C1C(=O)CN2C(=O)C1OCCC1=O. The minimum Gasteiger partial charge on any atom is -0.372 e. The van der Waals surface area contributed by atoms with Crippen molar-refractivity contribution in [3.63, 3.8) is 0 Å². The Labute approximate surface area is 222 Å². The van der Waals surface area contributed by atoms with Crippen molar-refractivity contribution in [3.05, 3.63) is 29.8 Å². The van der Waals surface area contributed by atoms with E-state index in [2.05, 4.69) is 10.2 Å². The molecule has 0 aliphatic carbocycles. The number of carbonyl (C=O) groups excluding carboxylic acids is 5. The number of nitrogens with zero attached hydrogens (tertiary/aromatic N) is 3. The molecule has 204 valence electrons. The zero-order chi connectivity index (χ0) is 27.0. The molecule has 0 radical (unpaired) electrons. The number of benzene rings is 1. The highest BCUT2D eigenvalue weighted by atomic mass is 16.5. The van der Waals surface area contributed by atoms with E-state index in [1.165, 1.54) is 22.6 Å². The Morgan fingerprint density at radius 3 is 2.34 bits per heavy atom. The van der Waals surface area contributed by atoms with Gasteiger partial charge in [-0.2, -0.15) is 0 Å². The van der Waals surface area contributed by atoms with Gasteiger partial charge < -0.3 is 24.8 Å². The van der Waals surface area contributed by atoms with Gasteiger partial charge >= 0.3 is 0 Å². The highest BCUT2D eigenvalue weighted by molar-refractivity contribution is 6.08. The second-order valence-electron chi connectivity index (χ2n) is 11.1. The molecule has 0 aromatic heterocycles. The number of ether oxygens (including phenoxy) is 1. The lowest BCUT2D eigenvalue weighted by atomic mass is 10.0. The number of likely N-dealkylation sites (tertiary alicyclic amines) is 2. The van der Waals surface area contributed by atoms with Crippen molar-refractivity contribution in [1.82, 2.24) is 15.1 Å². The number of anilines is 1. The Balaban J connectivity index is 1.27. The Hall–Kier alpha value is -3.27. The molecule has 0 spiro atoms. The predicted molar refractivity (Wildman–Crippen MR) is 139 cm³/mol. The standard InChI is InChI=1S/C28H36N4O6/c1-17(2)15-20(29-26(35)18-5-7-19(8-6-18)30-11-3-4-12-30)27(36)31-13-9-21-24(31)23(34)16-32(21)28(37)25-22(33)10-14-38-25/h5-8,17,20-21,24-25H,3-4,9-16H2,1-2H3,(H,29,35). The van der Waals surface area contributed by atoms with Crippen LogP contribution in [0.5, 0.6) is 0 Å². The van der Waals surface area contributed by atoms with E-state index < -0.39 is 30.1 Å². The van der Waals surface area contributed by atoms with Gasteiger partial charge in [-0.1, -0.05) is 13.8 Å². The van der Waals surface area contributed by atoms with Crippen molar-refractivity contribution in [2.24, 2.45) is 5.92 Å². The summed E-state index contributed by atoms with van der Waals surface area (Å²) in [5.41, 5.74) is 1.56. The van der Waals surface area contributed by atoms with Crippen LogP contribution in [0.25, 0.3) is 0 Å². The number of carbonyl (C=O) groups is 5. The maximum absolute atomic E-state index is 13.7. The molecule has 4 unspecified atom stereocenters. The fourth-order valence-corrected chi connectivity index (χ4v) is 6.15. The zero-order valence-corrected chi connectivity index (χ0v) is 22.1. The molecule has 1 N–H and O–H groups in total. The van der Waals surface area contributed by atoms with Gasteiger partial charge in [0.25, 0.3) is 11.8 Å². The fourth-order valence-electron chi connectivity index (χ4n) is 6.15. The molecule has 4 fully saturated rings. The second-order valence-corrected chi connectivity index (χ2v) is 11.1. The van der Waals surface area contributed by atoms with Crippen LogP contribution in [0.4, 0.5) is 5.69 Å². The Morgan fingerprint density at radius 1 is 1.00 bits per heavy atom. The van der Waals surface area contributed by atoms with Crippen molar-refractivity contribution >= 4 is 35.0 Å². The van der Waals surface area contributed by atoms with E-state index in [0.29, 0.717) is 24.9 Å². The average molecular weight is 525 g/mol. The van der Waals surface area contributed by atoms with Crippen LogP contribution < -0.4 is 10.2 Å². The highest BCUT2D eigenvalue weighted by Gasteiger charge is 2.54. The van der Waals surface area contributed by atoms with E-state index >= 15 is 0 Å². The molecule has 4 aliphatic rings. The molecule has 4 saturated heterocycles. The van der Waals surface area contributed by atoms with Crippen LogP contribution in [-0.4, -0.2) is 96.1 Å². The summed E-state index contributed by atoms with van der Waals surface area (Å²) in [7, 11) is 0. The molecular formula is C28H36N4O6. The van der Waals surface area contributed by atoms with Gasteiger partial charge in [0.05, 0.1) is 19.2 Å². The normalized spacial score (nSPS) is 25.9. The van der Waals surface area contributed by atoms with Crippen molar-refractivity contribution in [2.45, 2.75) is 70.2 Å². The number of rotatable bonds is 7. The van der Waals surface area contributed by atoms with Crippen LogP contribution in [0.15, 0.2) is 24.3 Å². The first-order valence-electron chi connectivity index (χ1n) is 13.7. The lowest BCUT2D eigenvalue weighted by molar-refractivity contribution is -0.146. The van der Waals surface area contributed by atoms with Crippen molar-refractivity contribution in [3.8, 4) is 0 Å². The third kappa shape index (κ3) is 5.06. The van der Waals surface area contributed by atoms with E-state index in [1.54, 1.807) is 12.1 Å². The number of hydrogen-bond acceptors (Lipinski definition) is 7. The monoisotopic (exact) mass is 524 g/mol. The van der Waals surface area contributed by atoms with E-state index in [1.807, 2.05) is 26.0 Å². The molecule has 10 nitrogen and oxygen atoms in total. The fraction of sp³-hybridized carbons (Fsp3) is 0.607. The van der Waals surface area contributed by atoms with Gasteiger partial charge in [0.2, 0.25) is 5.91 Å². The summed E-state index contributed by atoms with van der Waals surface area (Å²) in [6.45, 7) is 6.34. The first kappa shape index (κ1) is 26.3. The van der Waals surface area contributed by atoms with Crippen molar-refractivity contribution in [1.29, 1.82) is 0 Å². The van der Waals surface area contributed by atoms with Gasteiger partial charge in [-0.25, -0.2) is 0 Å². The minimum atomic E-state index is -1.16. The summed E-state index contributed by atoms with van der Waals surface area (Å²) in [6, 6.07) is 5.39. The molecule has 4 atom stereocenters. The quantitative estimate of drug-likeness (QED) is 0.533. The summed E-state index contributed by atoms with van der Waals surface area (Å²) >= 11 is 0. The maximum atomic E-state index is 13.7. The summed E-state index contributed by atoms with van der Waals surface area (Å²) in [6.07, 6.45) is 2.23. The van der Waals surface area contributed by atoms with Crippen LogP contribution >= 0.6 is 0 Å². The van der Waals surface area contributed by atoms with Gasteiger partial charge in [-0.3, -0.25) is 24.0 Å². The third-order valence-electron chi connectivity index (χ3n) is 8.05. The van der Waals surface area contributed by atoms with Crippen molar-refractivity contribution < 1.29 is 28.7 Å². The zero-order valence-electron chi connectivity index (χ0n) is 22.1. The van der Waals surface area contributed by atoms with Crippen LogP contribution in [0.1, 0.15) is 56.3 Å². The summed E-state index contributed by atoms with van der Waals surface area (Å²) in [5.74, 6) is -1.52. The lowest BCUT2D eigenvalue weighted by Gasteiger charge is -2.29. The predicted octanol–water partition coefficient (Wildman–Crippen LogP) is 1.17. The third-order valence-corrected chi connectivity index (χ3v) is 8.05. The van der Waals surface area contributed by atoms with Gasteiger partial charge in [0.15, 0.2) is 17.7 Å². The van der Waals surface area contributed by atoms with Crippen molar-refractivity contribution in [2.75, 3.05) is 37.7 Å². The van der Waals surface area contributed by atoms with Crippen LogP contribution in [-0.2, 0) is 23.9 Å². The van der Waals surface area contributed by atoms with Crippen LogP contribution in [0.3, 0.4) is 0 Å². The number of Topliss-reactive ketones (excluding diaryl/α,β-unsaturated/α-hetero) is 2. The Kier molecular flexibility index (Phi) is 7.52. The highest BCUT2D eigenvalue weighted by Crippen LogP contribution is 2.32. The second kappa shape index (κ2) is 10.8. The van der Waals surface area contributed by atoms with Gasteiger partial charge in [0, 0.05) is 37.3 Å². The largest absolute Gasteiger partial charge is 0.372 e. The van der Waals surface area contributed by atoms with Gasteiger partial charge in [0.1, 0.15) is 12.1 Å². The smallest absolute Gasteiger partial charge is 0.260 e. The topological polar surface area (TPSA) is 116 Å². The van der Waals surface area contributed by atoms with Crippen LogP contribution in [0, 0.1) is 5.92 Å². The first-order chi connectivity index (χ1) is 18.2. The first-order valence-corrected chi connectivity index (χ1v) is 13.7. The molecule has 4 heterocycles. The summed E-state index contributed by atoms with van der Waals surface area (Å²) < 4.78 is 5.32. The number of fused-ring (bicyclic) bond motifs is 1. The van der Waals surface area contributed by atoms with Gasteiger partial charge in [-0.15, -0.1) is 0 Å². The molecule has 3 amide bonds. The van der Waals surface area contributed by atoms with E-state index in [-0.39, 0.29) is 48.9 Å². The summed E-state index contributed by atoms with van der Waals surface area (Å²) in [4.78, 5) is 70.1. The molecule has 38 heavy (non-hydrogen) atoms. The van der Waals surface area contributed by atoms with Crippen LogP contribution in [0.2, 0.25) is 0 Å². The number of hydrogen-bond donors (Lipinski definition) is 1. The number of amides is 3. The number of ketones is 2. The molecule has 4 aliphatic heterocycles. The van der Waals surface area contributed by atoms with E-state index in [9.17, 15) is 24.0 Å². The molecule has 5 rings (SSSR count). The molecule has 1 aromatic carbocycles. The lowest BCUT2D eigenvalue weighted by Crippen LogP contribution is -2.53. The average Bonchev–Trinajstić information content (AvgIpc) is 3.69. The molecule has 0 bridgehead atoms. The minimum absolute atomic E-state index is 0.128. The molecule has 0 saturated carbocycles.